The van der Waals surface area contributed by atoms with Crippen LogP contribution in [0.5, 0.6) is 0 Å². The first kappa shape index (κ1) is 27.2. The molecule has 41 heavy (non-hydrogen) atoms. The van der Waals surface area contributed by atoms with Gasteiger partial charge >= 0.3 is 5.97 Å². The number of hydrogen-bond acceptors (Lipinski definition) is 7. The molecular weight excluding hydrogens is 522 g/mol. The molecule has 0 aromatic heterocycles. The van der Waals surface area contributed by atoms with Crippen molar-refractivity contribution < 1.29 is 29.0 Å². The molecule has 9 nitrogen and oxygen atoms in total. The van der Waals surface area contributed by atoms with Crippen molar-refractivity contribution in [1.82, 2.24) is 4.90 Å². The molecule has 1 spiro atoms. The number of aliphatic hydroxyl groups excluding tert-OH is 1. The SMILES string of the molecule is CCN(CC)c1ccc(N2CC=C[C@]34O[C@@H]5C=CCOC(=O)[C@@H]5[C@H]3C(=O)N([C@H](CO)c3ccccc3)C4C2=O)cc1. The highest BCUT2D eigenvalue weighted by molar-refractivity contribution is 6.05. The topological polar surface area (TPSA) is 99.6 Å². The second-order valence-electron chi connectivity index (χ2n) is 10.8. The van der Waals surface area contributed by atoms with E-state index in [2.05, 4.69) is 18.7 Å². The van der Waals surface area contributed by atoms with Gasteiger partial charge in [0.15, 0.2) is 0 Å². The minimum Gasteiger partial charge on any atom is -0.461 e. The summed E-state index contributed by atoms with van der Waals surface area (Å²) in [6, 6.07) is 15.0. The molecule has 2 aromatic rings. The number of carbonyl (C=O) groups excluding carboxylic acids is 3. The minimum absolute atomic E-state index is 0.103. The van der Waals surface area contributed by atoms with Gasteiger partial charge in [-0.05, 0) is 49.8 Å². The van der Waals surface area contributed by atoms with Crippen molar-refractivity contribution in [2.75, 3.05) is 42.6 Å². The molecule has 0 radical (unpaired) electrons. The monoisotopic (exact) mass is 557 g/mol. The summed E-state index contributed by atoms with van der Waals surface area (Å²) in [7, 11) is 0. The van der Waals surface area contributed by atoms with Gasteiger partial charge in [-0.25, -0.2) is 0 Å². The smallest absolute Gasteiger partial charge is 0.313 e. The Morgan fingerprint density at radius 1 is 1.00 bits per heavy atom. The standard InChI is InChI=1S/C32H35N3O6/c1-3-33(4-2)22-13-15-23(16-14-22)34-18-9-17-32-27(26-25(41-32)12-8-19-40-31(26)39)29(37)35(28(32)30(34)38)24(20-36)21-10-6-5-7-11-21/h5-17,24-28,36H,3-4,18-20H2,1-2H3/t24-,25-,26+,27+,28?,32+/m1/s1. The van der Waals surface area contributed by atoms with Crippen molar-refractivity contribution in [3.8, 4) is 0 Å². The Kier molecular flexibility index (Phi) is 7.17. The van der Waals surface area contributed by atoms with Crippen LogP contribution < -0.4 is 9.80 Å². The third-order valence-electron chi connectivity index (χ3n) is 8.83. The van der Waals surface area contributed by atoms with Crippen molar-refractivity contribution in [3.05, 3.63) is 84.5 Å². The maximum atomic E-state index is 14.6. The van der Waals surface area contributed by atoms with Crippen LogP contribution in [0.4, 0.5) is 11.4 Å². The van der Waals surface area contributed by atoms with Crippen LogP contribution in [0, 0.1) is 11.8 Å². The van der Waals surface area contributed by atoms with Gasteiger partial charge in [0.1, 0.15) is 24.2 Å². The van der Waals surface area contributed by atoms with Crippen molar-refractivity contribution in [1.29, 1.82) is 0 Å². The lowest BCUT2D eigenvalue weighted by molar-refractivity contribution is -0.153. The summed E-state index contributed by atoms with van der Waals surface area (Å²) in [6.07, 6.45) is 6.40. The quantitative estimate of drug-likeness (QED) is 0.413. The van der Waals surface area contributed by atoms with Gasteiger partial charge in [0.2, 0.25) is 5.91 Å². The Morgan fingerprint density at radius 2 is 1.73 bits per heavy atom. The molecule has 6 rings (SSSR count). The Labute approximate surface area is 239 Å². The number of anilines is 2. The number of amides is 2. The maximum Gasteiger partial charge on any atom is 0.313 e. The van der Waals surface area contributed by atoms with Crippen LogP contribution >= 0.6 is 0 Å². The zero-order valence-corrected chi connectivity index (χ0v) is 23.3. The number of nitrogens with zero attached hydrogens (tertiary/aromatic N) is 3. The lowest BCUT2D eigenvalue weighted by atomic mass is 9.78. The summed E-state index contributed by atoms with van der Waals surface area (Å²) in [6.45, 7) is 5.89. The van der Waals surface area contributed by atoms with Crippen LogP contribution in [0.3, 0.4) is 0 Å². The van der Waals surface area contributed by atoms with E-state index in [9.17, 15) is 19.5 Å². The number of cyclic esters (lactones) is 1. The summed E-state index contributed by atoms with van der Waals surface area (Å²) in [5, 5.41) is 10.6. The second-order valence-corrected chi connectivity index (χ2v) is 10.8. The summed E-state index contributed by atoms with van der Waals surface area (Å²) in [4.78, 5) is 47.6. The highest BCUT2D eigenvalue weighted by Crippen LogP contribution is 2.55. The molecule has 2 aromatic carbocycles. The Morgan fingerprint density at radius 3 is 2.41 bits per heavy atom. The summed E-state index contributed by atoms with van der Waals surface area (Å²) in [5.41, 5.74) is 1.03. The van der Waals surface area contributed by atoms with E-state index in [4.69, 9.17) is 9.47 Å². The molecule has 0 aliphatic carbocycles. The van der Waals surface area contributed by atoms with Crippen molar-refractivity contribution >= 4 is 29.2 Å². The van der Waals surface area contributed by atoms with E-state index in [0.717, 1.165) is 18.8 Å². The molecule has 0 saturated carbocycles. The van der Waals surface area contributed by atoms with E-state index in [0.29, 0.717) is 11.3 Å². The third kappa shape index (κ3) is 4.26. The number of esters is 1. The van der Waals surface area contributed by atoms with E-state index in [1.54, 1.807) is 23.1 Å². The third-order valence-corrected chi connectivity index (χ3v) is 8.83. The van der Waals surface area contributed by atoms with Crippen LogP contribution in [0.15, 0.2) is 78.9 Å². The molecule has 6 atom stereocenters. The van der Waals surface area contributed by atoms with Gasteiger partial charge in [0.25, 0.3) is 5.91 Å². The fourth-order valence-corrected chi connectivity index (χ4v) is 6.94. The molecule has 1 N–H and O–H groups in total. The largest absolute Gasteiger partial charge is 0.461 e. The molecule has 0 bridgehead atoms. The number of fused-ring (bicyclic) bond motifs is 2. The molecule has 4 aliphatic rings. The summed E-state index contributed by atoms with van der Waals surface area (Å²) in [5.74, 6) is -3.14. The van der Waals surface area contributed by atoms with Crippen molar-refractivity contribution in [2.45, 2.75) is 37.6 Å². The number of aliphatic hydroxyl groups is 1. The zero-order valence-electron chi connectivity index (χ0n) is 23.3. The zero-order chi connectivity index (χ0) is 28.7. The fourth-order valence-electron chi connectivity index (χ4n) is 6.94. The predicted octanol–water partition coefficient (Wildman–Crippen LogP) is 2.86. The van der Waals surface area contributed by atoms with Crippen molar-refractivity contribution in [2.24, 2.45) is 11.8 Å². The Bertz CT molecular complexity index is 1370. The van der Waals surface area contributed by atoms with E-state index < -0.39 is 54.1 Å². The molecule has 9 heteroatoms. The second kappa shape index (κ2) is 10.8. The minimum atomic E-state index is -1.40. The van der Waals surface area contributed by atoms with Gasteiger partial charge in [-0.15, -0.1) is 0 Å². The predicted molar refractivity (Wildman–Crippen MR) is 153 cm³/mol. The lowest BCUT2D eigenvalue weighted by Gasteiger charge is -2.38. The maximum absolute atomic E-state index is 14.6. The van der Waals surface area contributed by atoms with Crippen LogP contribution in [0.1, 0.15) is 25.5 Å². The van der Waals surface area contributed by atoms with Crippen molar-refractivity contribution in [3.63, 3.8) is 0 Å². The first-order chi connectivity index (χ1) is 19.9. The first-order valence-corrected chi connectivity index (χ1v) is 14.3. The summed E-state index contributed by atoms with van der Waals surface area (Å²) < 4.78 is 12.0. The normalized spacial score (nSPS) is 29.4. The number of ether oxygens (including phenoxy) is 2. The molecular formula is C32H35N3O6. The van der Waals surface area contributed by atoms with E-state index in [1.165, 1.54) is 4.90 Å². The number of likely N-dealkylation sites (tertiary alicyclic amines) is 1. The van der Waals surface area contributed by atoms with Gasteiger partial charge in [0, 0.05) is 31.0 Å². The average molecular weight is 558 g/mol. The van der Waals surface area contributed by atoms with Gasteiger partial charge in [-0.1, -0.05) is 48.6 Å². The van der Waals surface area contributed by atoms with Gasteiger partial charge < -0.3 is 29.3 Å². The fraction of sp³-hybridized carbons (Fsp3) is 0.406. The van der Waals surface area contributed by atoms with E-state index in [1.807, 2.05) is 60.7 Å². The number of benzene rings is 2. The molecule has 2 saturated heterocycles. The highest BCUT2D eigenvalue weighted by Gasteiger charge is 2.72. The summed E-state index contributed by atoms with van der Waals surface area (Å²) >= 11 is 0. The van der Waals surface area contributed by atoms with Gasteiger partial charge in [0.05, 0.1) is 24.7 Å². The van der Waals surface area contributed by atoms with Gasteiger partial charge in [-0.2, -0.15) is 0 Å². The molecule has 4 heterocycles. The number of carbonyl (C=O) groups is 3. The van der Waals surface area contributed by atoms with Crippen LogP contribution in [-0.4, -0.2) is 78.4 Å². The molecule has 2 amide bonds. The highest BCUT2D eigenvalue weighted by atomic mass is 16.6. The van der Waals surface area contributed by atoms with E-state index >= 15 is 0 Å². The van der Waals surface area contributed by atoms with Crippen LogP contribution in [0.2, 0.25) is 0 Å². The Balaban J connectivity index is 1.46. The van der Waals surface area contributed by atoms with Crippen LogP contribution in [-0.2, 0) is 23.9 Å². The molecule has 4 aliphatic heterocycles. The number of rotatable bonds is 7. The molecule has 1 unspecified atom stereocenters. The average Bonchev–Trinajstić information content (AvgIpc) is 3.29. The lowest BCUT2D eigenvalue weighted by Crippen LogP contribution is -2.56. The first-order valence-electron chi connectivity index (χ1n) is 14.3. The van der Waals surface area contributed by atoms with Crippen LogP contribution in [0.25, 0.3) is 0 Å². The molecule has 2 fully saturated rings. The Hall–Kier alpha value is -3.95. The molecule has 214 valence electrons. The van der Waals surface area contributed by atoms with E-state index in [-0.39, 0.29) is 19.1 Å². The number of hydrogen-bond donors (Lipinski definition) is 1. The van der Waals surface area contributed by atoms with Gasteiger partial charge in [-0.3, -0.25) is 14.4 Å².